The third-order valence-electron chi connectivity index (χ3n) is 7.46. The van der Waals surface area contributed by atoms with Crippen molar-refractivity contribution in [3.05, 3.63) is 71.8 Å². The third-order valence-corrected chi connectivity index (χ3v) is 13.1. The van der Waals surface area contributed by atoms with Gasteiger partial charge < -0.3 is 29.2 Å². The number of aliphatic hydroxyl groups excluding tert-OH is 3. The fourth-order valence-electron chi connectivity index (χ4n) is 4.15. The standard InChI is InChI=1S/C28H38O6SSi/c1-28(2,3)36(4,5)32-17-22-24(30)26(25(31)27(34-22)35-19-12-7-6-8-13-19)33-21-16-15-18-11-9-10-14-20(18)23(21)29/h6-16,21-27,29-31H,17H2,1-5H3/t21-,22-,23-,24-,25+,26+,27-/m1/s1. The molecule has 1 saturated heterocycles. The summed E-state index contributed by atoms with van der Waals surface area (Å²) in [6.07, 6.45) is -1.84. The predicted molar refractivity (Wildman–Crippen MR) is 145 cm³/mol. The second-order valence-electron chi connectivity index (χ2n) is 11.0. The molecule has 1 fully saturated rings. The molecular weight excluding hydrogens is 492 g/mol. The number of aliphatic hydroxyl groups is 3. The second-order valence-corrected chi connectivity index (χ2v) is 17.0. The molecule has 196 valence electrons. The van der Waals surface area contributed by atoms with Gasteiger partial charge in [0, 0.05) is 4.90 Å². The first kappa shape index (κ1) is 27.5. The highest BCUT2D eigenvalue weighted by atomic mass is 32.2. The zero-order valence-electron chi connectivity index (χ0n) is 21.6. The van der Waals surface area contributed by atoms with Crippen LogP contribution in [0, 0.1) is 0 Å². The lowest BCUT2D eigenvalue weighted by molar-refractivity contribution is -0.233. The predicted octanol–water partition coefficient (Wildman–Crippen LogP) is 4.76. The van der Waals surface area contributed by atoms with Gasteiger partial charge in [-0.2, -0.15) is 0 Å². The second kappa shape index (κ2) is 11.1. The minimum absolute atomic E-state index is 0.00458. The molecule has 0 spiro atoms. The summed E-state index contributed by atoms with van der Waals surface area (Å²) in [5.41, 5.74) is 1.01. The van der Waals surface area contributed by atoms with Gasteiger partial charge in [0.05, 0.1) is 6.61 Å². The molecule has 0 amide bonds. The summed E-state index contributed by atoms with van der Waals surface area (Å²) in [4.78, 5) is 0.937. The van der Waals surface area contributed by atoms with Gasteiger partial charge in [-0.25, -0.2) is 0 Å². The monoisotopic (exact) mass is 530 g/mol. The van der Waals surface area contributed by atoms with Crippen molar-refractivity contribution in [1.29, 1.82) is 0 Å². The van der Waals surface area contributed by atoms with Crippen LogP contribution < -0.4 is 0 Å². The molecule has 4 rings (SSSR count). The highest BCUT2D eigenvalue weighted by Crippen LogP contribution is 2.40. The van der Waals surface area contributed by atoms with Gasteiger partial charge in [0.25, 0.3) is 0 Å². The van der Waals surface area contributed by atoms with Crippen molar-refractivity contribution in [2.75, 3.05) is 6.61 Å². The molecule has 36 heavy (non-hydrogen) atoms. The van der Waals surface area contributed by atoms with Crippen LogP contribution in [-0.4, -0.2) is 66.2 Å². The Morgan fingerprint density at radius 2 is 1.61 bits per heavy atom. The van der Waals surface area contributed by atoms with Gasteiger partial charge in [-0.05, 0) is 41.4 Å². The van der Waals surface area contributed by atoms with E-state index in [1.165, 1.54) is 11.8 Å². The number of hydrogen-bond donors (Lipinski definition) is 3. The number of thioether (sulfide) groups is 1. The Morgan fingerprint density at radius 3 is 2.31 bits per heavy atom. The van der Waals surface area contributed by atoms with Crippen molar-refractivity contribution >= 4 is 26.2 Å². The molecule has 1 heterocycles. The Hall–Kier alpha value is -1.49. The van der Waals surface area contributed by atoms with Crippen LogP contribution >= 0.6 is 11.8 Å². The summed E-state index contributed by atoms with van der Waals surface area (Å²) in [6, 6.07) is 17.3. The fourth-order valence-corrected chi connectivity index (χ4v) is 6.24. The smallest absolute Gasteiger partial charge is 0.192 e. The van der Waals surface area contributed by atoms with Crippen LogP contribution in [0.15, 0.2) is 65.6 Å². The van der Waals surface area contributed by atoms with E-state index < -0.39 is 50.4 Å². The van der Waals surface area contributed by atoms with Crippen molar-refractivity contribution in [3.8, 4) is 0 Å². The molecule has 6 nitrogen and oxygen atoms in total. The number of ether oxygens (including phenoxy) is 2. The lowest BCUT2D eigenvalue weighted by Crippen LogP contribution is -2.60. The molecule has 8 heteroatoms. The van der Waals surface area contributed by atoms with Crippen LogP contribution in [0.2, 0.25) is 18.1 Å². The van der Waals surface area contributed by atoms with Crippen LogP contribution in [0.4, 0.5) is 0 Å². The summed E-state index contributed by atoms with van der Waals surface area (Å²) < 4.78 is 18.9. The maximum Gasteiger partial charge on any atom is 0.192 e. The first-order valence-corrected chi connectivity index (χ1v) is 16.2. The van der Waals surface area contributed by atoms with Gasteiger partial charge in [0.2, 0.25) is 0 Å². The maximum atomic E-state index is 11.3. The van der Waals surface area contributed by atoms with Crippen LogP contribution in [0.5, 0.6) is 0 Å². The molecule has 3 N–H and O–H groups in total. The lowest BCUT2D eigenvalue weighted by Gasteiger charge is -2.45. The Bertz CT molecular complexity index is 1040. The van der Waals surface area contributed by atoms with Crippen LogP contribution in [-0.2, 0) is 13.9 Å². The van der Waals surface area contributed by atoms with Crippen molar-refractivity contribution < 1.29 is 29.2 Å². The summed E-state index contributed by atoms with van der Waals surface area (Å²) in [5, 5.41) is 33.6. The molecule has 0 bridgehead atoms. The summed E-state index contributed by atoms with van der Waals surface area (Å²) >= 11 is 1.38. The summed E-state index contributed by atoms with van der Waals surface area (Å²) in [6.45, 7) is 11.0. The number of hydrogen-bond acceptors (Lipinski definition) is 7. The minimum atomic E-state index is -2.10. The normalized spacial score (nSPS) is 30.7. The number of rotatable bonds is 7. The average molecular weight is 531 g/mol. The highest BCUT2D eigenvalue weighted by Gasteiger charge is 2.48. The van der Waals surface area contributed by atoms with Gasteiger partial charge in [-0.15, -0.1) is 0 Å². The van der Waals surface area contributed by atoms with E-state index >= 15 is 0 Å². The van der Waals surface area contributed by atoms with E-state index in [0.717, 1.165) is 16.0 Å². The van der Waals surface area contributed by atoms with Crippen molar-refractivity contribution in [1.82, 2.24) is 0 Å². The van der Waals surface area contributed by atoms with Crippen molar-refractivity contribution in [2.24, 2.45) is 0 Å². The molecule has 2 aliphatic rings. The van der Waals surface area contributed by atoms with Gasteiger partial charge in [0.1, 0.15) is 42.1 Å². The van der Waals surface area contributed by atoms with Crippen molar-refractivity contribution in [2.45, 2.75) is 85.9 Å². The molecule has 0 unspecified atom stereocenters. The number of benzene rings is 2. The third kappa shape index (κ3) is 5.97. The van der Waals surface area contributed by atoms with E-state index in [4.69, 9.17) is 13.9 Å². The molecule has 7 atom stereocenters. The Balaban J connectivity index is 1.55. The zero-order valence-corrected chi connectivity index (χ0v) is 23.4. The quantitative estimate of drug-likeness (QED) is 0.445. The van der Waals surface area contributed by atoms with E-state index in [9.17, 15) is 15.3 Å². The molecule has 1 aliphatic carbocycles. The lowest BCUT2D eigenvalue weighted by atomic mass is 9.92. The van der Waals surface area contributed by atoms with Crippen LogP contribution in [0.1, 0.15) is 38.0 Å². The first-order valence-electron chi connectivity index (χ1n) is 12.5. The van der Waals surface area contributed by atoms with Gasteiger partial charge in [-0.3, -0.25) is 0 Å². The molecule has 2 aromatic rings. The number of fused-ring (bicyclic) bond motifs is 1. The first-order chi connectivity index (χ1) is 17.0. The van der Waals surface area contributed by atoms with Crippen molar-refractivity contribution in [3.63, 3.8) is 0 Å². The molecule has 0 saturated carbocycles. The van der Waals surface area contributed by atoms with Gasteiger partial charge >= 0.3 is 0 Å². The summed E-state index contributed by atoms with van der Waals surface area (Å²) in [5.74, 6) is 0. The zero-order chi connectivity index (χ0) is 26.1. The van der Waals surface area contributed by atoms with Gasteiger partial charge in [0.15, 0.2) is 8.32 Å². The fraction of sp³-hybridized carbons (Fsp3) is 0.500. The van der Waals surface area contributed by atoms with E-state index in [2.05, 4.69) is 33.9 Å². The largest absolute Gasteiger partial charge is 0.414 e. The average Bonchev–Trinajstić information content (AvgIpc) is 2.84. The van der Waals surface area contributed by atoms with Crippen LogP contribution in [0.3, 0.4) is 0 Å². The molecule has 0 radical (unpaired) electrons. The molecule has 1 aliphatic heterocycles. The topological polar surface area (TPSA) is 88.4 Å². The van der Waals surface area contributed by atoms with E-state index in [-0.39, 0.29) is 11.6 Å². The molecule has 2 aromatic carbocycles. The van der Waals surface area contributed by atoms with E-state index in [1.807, 2.05) is 60.7 Å². The van der Waals surface area contributed by atoms with Gasteiger partial charge in [-0.1, -0.05) is 87.1 Å². The molecule has 0 aromatic heterocycles. The van der Waals surface area contributed by atoms with E-state index in [1.54, 1.807) is 6.08 Å². The summed E-state index contributed by atoms with van der Waals surface area (Å²) in [7, 11) is -2.10. The maximum absolute atomic E-state index is 11.3. The van der Waals surface area contributed by atoms with E-state index in [0.29, 0.717) is 0 Å². The highest BCUT2D eigenvalue weighted by molar-refractivity contribution is 7.99. The Labute approximate surface area is 219 Å². The Kier molecular flexibility index (Phi) is 8.48. The van der Waals surface area contributed by atoms with Crippen LogP contribution in [0.25, 0.3) is 6.08 Å². The minimum Gasteiger partial charge on any atom is -0.414 e. The molecular formula is C28H38O6SSi. The Morgan fingerprint density at radius 1 is 0.944 bits per heavy atom. The SMILES string of the molecule is CC(C)(C)[Si](C)(C)OC[C@H]1O[C@H](Sc2ccccc2)[C@@H](O)[C@@H](O[C@@H]2C=Cc3ccccc3[C@H]2O)[C@@H]1O.